The smallest absolute Gasteiger partial charge is 0.271 e. The van der Waals surface area contributed by atoms with E-state index < -0.39 is 10.5 Å². The largest absolute Gasteiger partial charge is 0.492 e. The molecule has 9 nitrogen and oxygen atoms in total. The Morgan fingerprint density at radius 2 is 2.00 bits per heavy atom. The molecule has 0 aliphatic carbocycles. The van der Waals surface area contributed by atoms with E-state index in [0.29, 0.717) is 18.9 Å². The van der Waals surface area contributed by atoms with Gasteiger partial charge in [-0.2, -0.15) is 0 Å². The number of rotatable bonds is 7. The normalized spacial score (nSPS) is 10.7. The summed E-state index contributed by atoms with van der Waals surface area (Å²) in [5, 5.41) is 11.1. The van der Waals surface area contributed by atoms with E-state index in [1.165, 1.54) is 34.0 Å². The summed E-state index contributed by atoms with van der Waals surface area (Å²) in [5.74, 6) is 0.410. The minimum absolute atomic E-state index is 0.149. The van der Waals surface area contributed by atoms with E-state index in [0.717, 1.165) is 4.47 Å². The van der Waals surface area contributed by atoms with Gasteiger partial charge in [-0.15, -0.1) is 0 Å². The molecule has 0 spiro atoms. The first-order chi connectivity index (χ1) is 13.8. The average molecular weight is 461 g/mol. The molecule has 3 rings (SSSR count). The van der Waals surface area contributed by atoms with Crippen molar-refractivity contribution >= 4 is 38.4 Å². The molecule has 0 unspecified atom stereocenters. The quantitative estimate of drug-likeness (QED) is 0.396. The molecule has 0 saturated heterocycles. The van der Waals surface area contributed by atoms with Gasteiger partial charge in [0.15, 0.2) is 0 Å². The molecule has 1 aromatic heterocycles. The number of hydrogen-bond acceptors (Lipinski definition) is 6. The van der Waals surface area contributed by atoms with Crippen LogP contribution in [0.25, 0.3) is 10.9 Å². The predicted molar refractivity (Wildman–Crippen MR) is 110 cm³/mol. The maximum absolute atomic E-state index is 12.5. The summed E-state index contributed by atoms with van der Waals surface area (Å²) in [5.41, 5.74) is -0.370. The molecule has 10 heteroatoms. The first-order valence-electron chi connectivity index (χ1n) is 8.61. The number of likely N-dealkylation sites (N-methyl/N-ethyl adjacent to an activating group) is 1. The van der Waals surface area contributed by atoms with Gasteiger partial charge < -0.3 is 9.64 Å². The van der Waals surface area contributed by atoms with E-state index in [-0.39, 0.29) is 29.0 Å². The lowest BCUT2D eigenvalue weighted by molar-refractivity contribution is -0.384. The van der Waals surface area contributed by atoms with Gasteiger partial charge in [0.05, 0.1) is 28.7 Å². The number of nitro benzene ring substituents is 1. The van der Waals surface area contributed by atoms with Crippen molar-refractivity contribution in [3.8, 4) is 5.75 Å². The third-order valence-electron chi connectivity index (χ3n) is 4.26. The van der Waals surface area contributed by atoms with Gasteiger partial charge in [-0.05, 0) is 30.3 Å². The molecule has 0 saturated carbocycles. The minimum Gasteiger partial charge on any atom is -0.492 e. The summed E-state index contributed by atoms with van der Waals surface area (Å²) in [7, 11) is 1.62. The van der Waals surface area contributed by atoms with E-state index in [1.807, 2.05) is 24.3 Å². The van der Waals surface area contributed by atoms with E-state index in [2.05, 4.69) is 20.9 Å². The van der Waals surface area contributed by atoms with Crippen LogP contribution < -0.4 is 10.3 Å². The number of non-ortho nitro benzene ring substituents is 1. The van der Waals surface area contributed by atoms with Gasteiger partial charge in [-0.1, -0.05) is 15.9 Å². The van der Waals surface area contributed by atoms with Crippen LogP contribution in [0.3, 0.4) is 0 Å². The Hall–Kier alpha value is -3.27. The molecule has 0 aliphatic heterocycles. The zero-order valence-electron chi connectivity index (χ0n) is 15.4. The molecule has 2 aromatic carbocycles. The molecule has 0 fully saturated rings. The van der Waals surface area contributed by atoms with Crippen LogP contribution in [0.4, 0.5) is 5.69 Å². The predicted octanol–water partition coefficient (Wildman–Crippen LogP) is 2.60. The zero-order chi connectivity index (χ0) is 21.0. The molecule has 29 heavy (non-hydrogen) atoms. The Balaban J connectivity index is 1.63. The van der Waals surface area contributed by atoms with Crippen molar-refractivity contribution in [2.24, 2.45) is 0 Å². The summed E-state index contributed by atoms with van der Waals surface area (Å²) in [6.07, 6.45) is 1.22. The van der Waals surface area contributed by atoms with Crippen LogP contribution in [0.15, 0.2) is 58.1 Å². The number of carbonyl (C=O) groups is 1. The fourth-order valence-electron chi connectivity index (χ4n) is 2.60. The molecular formula is C19H17BrN4O5. The van der Waals surface area contributed by atoms with Crippen molar-refractivity contribution in [2.75, 3.05) is 20.2 Å². The van der Waals surface area contributed by atoms with Crippen LogP contribution in [0.1, 0.15) is 0 Å². The standard InChI is InChI=1S/C19H17BrN4O5/c1-22(8-9-29-15-5-2-13(20)3-6-15)18(25)11-23-12-21-17-10-14(24(27)28)4-7-16(17)19(23)26/h2-7,10,12H,8-9,11H2,1H3. The lowest BCUT2D eigenvalue weighted by atomic mass is 10.2. The highest BCUT2D eigenvalue weighted by molar-refractivity contribution is 9.10. The Labute approximate surface area is 173 Å². The second-order valence-electron chi connectivity index (χ2n) is 6.25. The minimum atomic E-state index is -0.554. The average Bonchev–Trinajstić information content (AvgIpc) is 2.71. The first kappa shape index (κ1) is 20.5. The maximum Gasteiger partial charge on any atom is 0.271 e. The zero-order valence-corrected chi connectivity index (χ0v) is 17.0. The Morgan fingerprint density at radius 3 is 2.69 bits per heavy atom. The number of fused-ring (bicyclic) bond motifs is 1. The number of carbonyl (C=O) groups excluding carboxylic acids is 1. The first-order valence-corrected chi connectivity index (χ1v) is 9.40. The molecule has 0 radical (unpaired) electrons. The number of ether oxygens (including phenoxy) is 1. The van der Waals surface area contributed by atoms with Crippen LogP contribution in [0.2, 0.25) is 0 Å². The molecule has 1 amide bonds. The van der Waals surface area contributed by atoms with Crippen LogP contribution in [-0.4, -0.2) is 45.5 Å². The highest BCUT2D eigenvalue weighted by Crippen LogP contribution is 2.17. The number of nitrogens with zero attached hydrogens (tertiary/aromatic N) is 4. The van der Waals surface area contributed by atoms with Crippen molar-refractivity contribution < 1.29 is 14.5 Å². The topological polar surface area (TPSA) is 108 Å². The number of aromatic nitrogens is 2. The molecule has 0 atom stereocenters. The summed E-state index contributed by atoms with van der Waals surface area (Å²) in [4.78, 5) is 40.8. The monoisotopic (exact) mass is 460 g/mol. The third-order valence-corrected chi connectivity index (χ3v) is 4.79. The van der Waals surface area contributed by atoms with Crippen molar-refractivity contribution in [1.82, 2.24) is 14.5 Å². The highest BCUT2D eigenvalue weighted by atomic mass is 79.9. The number of amides is 1. The van der Waals surface area contributed by atoms with Gasteiger partial charge in [-0.3, -0.25) is 24.3 Å². The van der Waals surface area contributed by atoms with Crippen LogP contribution in [0.5, 0.6) is 5.75 Å². The molecule has 0 N–H and O–H groups in total. The number of benzene rings is 2. The summed E-state index contributed by atoms with van der Waals surface area (Å²) in [6.45, 7) is 0.461. The lowest BCUT2D eigenvalue weighted by Crippen LogP contribution is -2.36. The molecular weight excluding hydrogens is 444 g/mol. The van der Waals surface area contributed by atoms with E-state index >= 15 is 0 Å². The number of hydrogen-bond donors (Lipinski definition) is 0. The van der Waals surface area contributed by atoms with E-state index in [4.69, 9.17) is 4.74 Å². The fraction of sp³-hybridized carbons (Fsp3) is 0.211. The molecule has 0 aliphatic rings. The lowest BCUT2D eigenvalue weighted by Gasteiger charge is -2.18. The number of halogens is 1. The van der Waals surface area contributed by atoms with Crippen LogP contribution >= 0.6 is 15.9 Å². The van der Waals surface area contributed by atoms with E-state index in [1.54, 1.807) is 7.05 Å². The van der Waals surface area contributed by atoms with Gasteiger partial charge in [-0.25, -0.2) is 4.98 Å². The summed E-state index contributed by atoms with van der Waals surface area (Å²) < 4.78 is 7.72. The maximum atomic E-state index is 12.5. The van der Waals surface area contributed by atoms with Gasteiger partial charge in [0.1, 0.15) is 18.9 Å². The molecule has 1 heterocycles. The van der Waals surface area contributed by atoms with Crippen molar-refractivity contribution in [3.63, 3.8) is 0 Å². The van der Waals surface area contributed by atoms with Gasteiger partial charge >= 0.3 is 0 Å². The van der Waals surface area contributed by atoms with Crippen molar-refractivity contribution in [3.05, 3.63) is 73.7 Å². The second kappa shape index (κ2) is 8.82. The molecule has 150 valence electrons. The molecule has 3 aromatic rings. The Morgan fingerprint density at radius 1 is 1.28 bits per heavy atom. The van der Waals surface area contributed by atoms with E-state index in [9.17, 15) is 19.7 Å². The Bertz CT molecular complexity index is 1110. The van der Waals surface area contributed by atoms with Crippen LogP contribution in [0, 0.1) is 10.1 Å². The fourth-order valence-corrected chi connectivity index (χ4v) is 2.86. The summed E-state index contributed by atoms with van der Waals surface area (Å²) >= 11 is 3.35. The third kappa shape index (κ3) is 4.96. The highest BCUT2D eigenvalue weighted by Gasteiger charge is 2.14. The van der Waals surface area contributed by atoms with Gasteiger partial charge in [0.2, 0.25) is 5.91 Å². The van der Waals surface area contributed by atoms with Crippen LogP contribution in [-0.2, 0) is 11.3 Å². The summed E-state index contributed by atoms with van der Waals surface area (Å²) in [6, 6.07) is 11.2. The molecule has 0 bridgehead atoms. The van der Waals surface area contributed by atoms with Gasteiger partial charge in [0, 0.05) is 23.7 Å². The second-order valence-corrected chi connectivity index (χ2v) is 7.17. The SMILES string of the molecule is CN(CCOc1ccc(Br)cc1)C(=O)Cn1cnc2cc([N+](=O)[O-])ccc2c1=O. The number of nitro groups is 1. The van der Waals surface area contributed by atoms with Gasteiger partial charge in [0.25, 0.3) is 11.2 Å². The van der Waals surface area contributed by atoms with Crippen molar-refractivity contribution in [1.29, 1.82) is 0 Å². The van der Waals surface area contributed by atoms with Crippen molar-refractivity contribution in [2.45, 2.75) is 6.54 Å². The Kier molecular flexibility index (Phi) is 6.23.